The van der Waals surface area contributed by atoms with E-state index in [-0.39, 0.29) is 17.9 Å². The van der Waals surface area contributed by atoms with Gasteiger partial charge in [-0.25, -0.2) is 0 Å². The summed E-state index contributed by atoms with van der Waals surface area (Å²) in [6, 6.07) is 8.24. The summed E-state index contributed by atoms with van der Waals surface area (Å²) in [5, 5.41) is 3.21. The number of carbonyl (C=O) groups is 1. The maximum Gasteiger partial charge on any atom is 0.314 e. The van der Waals surface area contributed by atoms with Crippen LogP contribution in [0.3, 0.4) is 0 Å². The fraction of sp³-hybridized carbons (Fsp3) is 0.389. The normalized spacial score (nSPS) is 24.1. The molecule has 2 atom stereocenters. The van der Waals surface area contributed by atoms with Gasteiger partial charge in [0.15, 0.2) is 0 Å². The van der Waals surface area contributed by atoms with Gasteiger partial charge in [-0.05, 0) is 18.1 Å². The summed E-state index contributed by atoms with van der Waals surface area (Å²) in [7, 11) is 3.51. The van der Waals surface area contributed by atoms with Crippen LogP contribution in [-0.4, -0.2) is 35.9 Å². The Balaban J connectivity index is 1.93. The van der Waals surface area contributed by atoms with E-state index in [1.54, 1.807) is 0 Å². The van der Waals surface area contributed by atoms with Crippen molar-refractivity contribution in [2.75, 3.05) is 20.3 Å². The molecule has 0 radical (unpaired) electrons. The lowest BCUT2D eigenvalue weighted by Gasteiger charge is -2.36. The Kier molecular flexibility index (Phi) is 3.47. The highest BCUT2D eigenvalue weighted by Gasteiger charge is 2.41. The lowest BCUT2D eigenvalue weighted by molar-refractivity contribution is -0.194. The minimum absolute atomic E-state index is 0.151. The Morgan fingerprint density at radius 2 is 2.17 bits per heavy atom. The van der Waals surface area contributed by atoms with Crippen molar-refractivity contribution in [1.82, 2.24) is 9.63 Å². The first-order chi connectivity index (χ1) is 11.2. The highest BCUT2D eigenvalue weighted by Crippen LogP contribution is 2.41. The zero-order valence-electron chi connectivity index (χ0n) is 13.4. The lowest BCUT2D eigenvalue weighted by Crippen LogP contribution is -2.41. The van der Waals surface area contributed by atoms with Crippen LogP contribution in [0.4, 0.5) is 0 Å². The van der Waals surface area contributed by atoms with Crippen LogP contribution in [0.5, 0.6) is 0 Å². The fourth-order valence-corrected chi connectivity index (χ4v) is 3.91. The van der Waals surface area contributed by atoms with Gasteiger partial charge in [0.2, 0.25) is 0 Å². The summed E-state index contributed by atoms with van der Waals surface area (Å²) < 4.78 is 7.24. The van der Waals surface area contributed by atoms with Crippen molar-refractivity contribution in [1.29, 1.82) is 0 Å². The lowest BCUT2D eigenvalue weighted by atomic mass is 9.89. The summed E-state index contributed by atoms with van der Waals surface area (Å²) in [5.74, 6) is -0.579. The molecule has 2 aromatic rings. The first-order valence-corrected chi connectivity index (χ1v) is 7.92. The molecule has 4 rings (SSSR count). The van der Waals surface area contributed by atoms with Crippen molar-refractivity contribution in [2.45, 2.75) is 12.5 Å². The van der Waals surface area contributed by atoms with Gasteiger partial charge < -0.3 is 9.30 Å². The highest BCUT2D eigenvalue weighted by atomic mass is 16.7. The van der Waals surface area contributed by atoms with Crippen LogP contribution >= 0.6 is 0 Å². The third-order valence-corrected chi connectivity index (χ3v) is 4.93. The second kappa shape index (κ2) is 5.51. The molecule has 0 fully saturated rings. The van der Waals surface area contributed by atoms with Crippen LogP contribution in [0, 0.1) is 5.92 Å². The third-order valence-electron chi connectivity index (χ3n) is 4.93. The molecule has 0 saturated carbocycles. The smallest absolute Gasteiger partial charge is 0.314 e. The second-order valence-electron chi connectivity index (χ2n) is 6.05. The van der Waals surface area contributed by atoms with E-state index in [2.05, 4.69) is 29.8 Å². The minimum Gasteiger partial charge on any atom is -0.469 e. The van der Waals surface area contributed by atoms with E-state index in [4.69, 9.17) is 9.57 Å². The summed E-state index contributed by atoms with van der Waals surface area (Å²) in [4.78, 5) is 18.2. The van der Waals surface area contributed by atoms with Crippen molar-refractivity contribution in [2.24, 2.45) is 13.0 Å². The predicted molar refractivity (Wildman–Crippen MR) is 86.7 cm³/mol. The van der Waals surface area contributed by atoms with Gasteiger partial charge in [-0.15, -0.1) is 0 Å². The molecule has 0 N–H and O–H groups in total. The molecule has 0 unspecified atom stereocenters. The van der Waals surface area contributed by atoms with Crippen molar-refractivity contribution in [3.63, 3.8) is 0 Å². The van der Waals surface area contributed by atoms with Gasteiger partial charge in [0, 0.05) is 30.2 Å². The van der Waals surface area contributed by atoms with Gasteiger partial charge >= 0.3 is 5.97 Å². The molecule has 0 aliphatic carbocycles. The molecule has 0 bridgehead atoms. The molecule has 0 amide bonds. The number of esters is 1. The maximum atomic E-state index is 12.3. The fourth-order valence-electron chi connectivity index (χ4n) is 3.91. The molecular weight excluding hydrogens is 292 g/mol. The number of methoxy groups -OCH3 is 1. The summed E-state index contributed by atoms with van der Waals surface area (Å²) >= 11 is 0. The summed E-state index contributed by atoms with van der Waals surface area (Å²) in [6.07, 6.45) is 4.74. The quantitative estimate of drug-likeness (QED) is 0.599. The Morgan fingerprint density at radius 3 is 3.00 bits per heavy atom. The van der Waals surface area contributed by atoms with Crippen LogP contribution in [-0.2, 0) is 27.8 Å². The van der Waals surface area contributed by atoms with E-state index in [0.717, 1.165) is 18.7 Å². The van der Waals surface area contributed by atoms with Gasteiger partial charge in [0.25, 0.3) is 0 Å². The van der Waals surface area contributed by atoms with Crippen LogP contribution in [0.15, 0.2) is 36.4 Å². The number of rotatable bonds is 1. The van der Waals surface area contributed by atoms with Crippen molar-refractivity contribution >= 4 is 16.9 Å². The average Bonchev–Trinajstić information content (AvgIpc) is 2.75. The SMILES string of the molecule is COC(=O)[C@H]1C=CCON2CCc3c(n(C)c4ccccc34)[C@@H]12. The second-order valence-corrected chi connectivity index (χ2v) is 6.05. The zero-order valence-corrected chi connectivity index (χ0v) is 13.4. The summed E-state index contributed by atoms with van der Waals surface area (Å²) in [5.41, 5.74) is 3.66. The Morgan fingerprint density at radius 1 is 1.35 bits per heavy atom. The molecule has 3 heterocycles. The van der Waals surface area contributed by atoms with Gasteiger partial charge in [0.05, 0.1) is 25.7 Å². The first-order valence-electron chi connectivity index (χ1n) is 7.92. The van der Waals surface area contributed by atoms with E-state index in [1.165, 1.54) is 23.6 Å². The van der Waals surface area contributed by atoms with Gasteiger partial charge in [-0.3, -0.25) is 9.63 Å². The molecule has 120 valence electrons. The number of hydroxylamine groups is 2. The number of ether oxygens (including phenoxy) is 1. The van der Waals surface area contributed by atoms with Crippen LogP contribution in [0.25, 0.3) is 10.9 Å². The Bertz CT molecular complexity index is 793. The molecule has 0 saturated heterocycles. The molecule has 0 spiro atoms. The molecule has 2 aliphatic rings. The highest BCUT2D eigenvalue weighted by molar-refractivity contribution is 5.86. The monoisotopic (exact) mass is 312 g/mol. The Hall–Kier alpha value is -2.11. The number of aromatic nitrogens is 1. The van der Waals surface area contributed by atoms with Gasteiger partial charge in [-0.2, -0.15) is 5.06 Å². The van der Waals surface area contributed by atoms with Crippen LogP contribution < -0.4 is 0 Å². The number of aryl methyl sites for hydroxylation is 1. The number of carbonyl (C=O) groups excluding carboxylic acids is 1. The zero-order chi connectivity index (χ0) is 16.0. The third kappa shape index (κ3) is 2.11. The largest absolute Gasteiger partial charge is 0.469 e. The van der Waals surface area contributed by atoms with E-state index in [1.807, 2.05) is 23.3 Å². The first kappa shape index (κ1) is 14.5. The minimum atomic E-state index is -0.357. The molecule has 23 heavy (non-hydrogen) atoms. The number of para-hydroxylation sites is 1. The average molecular weight is 312 g/mol. The van der Waals surface area contributed by atoms with Gasteiger partial charge in [0.1, 0.15) is 0 Å². The Labute approximate surface area is 135 Å². The van der Waals surface area contributed by atoms with Crippen molar-refractivity contribution in [3.05, 3.63) is 47.7 Å². The topological polar surface area (TPSA) is 43.7 Å². The molecular formula is C18H20N2O3. The molecule has 1 aromatic heterocycles. The molecule has 2 aliphatic heterocycles. The van der Waals surface area contributed by atoms with Crippen LogP contribution in [0.1, 0.15) is 17.3 Å². The summed E-state index contributed by atoms with van der Waals surface area (Å²) in [6.45, 7) is 1.27. The van der Waals surface area contributed by atoms with E-state index in [0.29, 0.717) is 6.61 Å². The number of hydrogen-bond acceptors (Lipinski definition) is 4. The van der Waals surface area contributed by atoms with Crippen molar-refractivity contribution < 1.29 is 14.4 Å². The standard InChI is InChI=1S/C18H20N2O3/c1-19-15-8-4-3-6-12(15)13-9-10-20-17(16(13)19)14(18(21)22-2)7-5-11-23-20/h3-8,14,17H,9-11H2,1-2H3/t14-,17+/m0/s1. The predicted octanol–water partition coefficient (Wildman–Crippen LogP) is 2.37. The van der Waals surface area contributed by atoms with Crippen molar-refractivity contribution in [3.8, 4) is 0 Å². The maximum absolute atomic E-state index is 12.3. The van der Waals surface area contributed by atoms with Gasteiger partial charge in [-0.1, -0.05) is 30.4 Å². The molecule has 5 nitrogen and oxygen atoms in total. The van der Waals surface area contributed by atoms with E-state index in [9.17, 15) is 4.79 Å². The van der Waals surface area contributed by atoms with E-state index < -0.39 is 0 Å². The molecule has 5 heteroatoms. The number of hydrogen-bond donors (Lipinski definition) is 0. The number of nitrogens with zero attached hydrogens (tertiary/aromatic N) is 2. The number of benzene rings is 1. The number of fused-ring (bicyclic) bond motifs is 5. The van der Waals surface area contributed by atoms with Crippen LogP contribution in [0.2, 0.25) is 0 Å². The van der Waals surface area contributed by atoms with E-state index >= 15 is 0 Å². The molecule has 1 aromatic carbocycles.